The number of para-hydroxylation sites is 2. The van der Waals surface area contributed by atoms with Crippen molar-refractivity contribution in [2.75, 3.05) is 0 Å². The van der Waals surface area contributed by atoms with Crippen LogP contribution in [-0.2, 0) is 9.59 Å². The Bertz CT molecular complexity index is 1190. The third kappa shape index (κ3) is 4.70. The lowest BCUT2D eigenvalue weighted by molar-refractivity contribution is -0.275. The SMILES string of the molecule is Cc1cccc(C)c1-n1nnnc1C(N[C@@H]1CC(=O)NC1=O)c1ccccc1OC(F)(F)F. The number of tetrazole rings is 1. The molecule has 2 heterocycles. The zero-order valence-corrected chi connectivity index (χ0v) is 17.6. The van der Waals surface area contributed by atoms with E-state index < -0.39 is 36.0 Å². The smallest absolute Gasteiger partial charge is 0.405 e. The zero-order chi connectivity index (χ0) is 23.8. The van der Waals surface area contributed by atoms with Gasteiger partial charge >= 0.3 is 6.36 Å². The zero-order valence-electron chi connectivity index (χ0n) is 17.6. The molecule has 2 amide bonds. The van der Waals surface area contributed by atoms with Crippen molar-refractivity contribution in [2.24, 2.45) is 0 Å². The van der Waals surface area contributed by atoms with Crippen LogP contribution in [0.3, 0.4) is 0 Å². The Morgan fingerprint density at radius 3 is 2.45 bits per heavy atom. The number of nitrogens with zero attached hydrogens (tertiary/aromatic N) is 4. The molecule has 2 atom stereocenters. The lowest BCUT2D eigenvalue weighted by Crippen LogP contribution is -2.40. The first-order chi connectivity index (χ1) is 15.6. The number of carbonyl (C=O) groups excluding carboxylic acids is 2. The molecular weight excluding hydrogens is 441 g/mol. The number of halogens is 3. The van der Waals surface area contributed by atoms with E-state index in [1.807, 2.05) is 32.0 Å². The molecule has 12 heteroatoms. The number of aryl methyl sites for hydroxylation is 2. The number of benzene rings is 2. The topological polar surface area (TPSA) is 111 Å². The molecule has 3 aromatic rings. The van der Waals surface area contributed by atoms with Crippen molar-refractivity contribution in [1.29, 1.82) is 0 Å². The molecule has 1 aromatic heterocycles. The highest BCUT2D eigenvalue weighted by Gasteiger charge is 2.38. The van der Waals surface area contributed by atoms with Crippen LogP contribution in [0.5, 0.6) is 5.75 Å². The van der Waals surface area contributed by atoms with Crippen LogP contribution in [0.15, 0.2) is 42.5 Å². The van der Waals surface area contributed by atoms with E-state index in [1.54, 1.807) is 0 Å². The van der Waals surface area contributed by atoms with Gasteiger partial charge in [-0.2, -0.15) is 4.68 Å². The van der Waals surface area contributed by atoms with Gasteiger partial charge in [0.25, 0.3) is 0 Å². The van der Waals surface area contributed by atoms with Crippen molar-refractivity contribution in [1.82, 2.24) is 30.8 Å². The standard InChI is InChI=1S/C21H19F3N6O3/c1-11-6-5-7-12(2)18(11)30-19(27-28-29-30)17(25-14-10-16(31)26-20(14)32)13-8-3-4-9-15(13)33-21(22,23)24/h3-9,14,17,25H,10H2,1-2H3,(H,26,31,32)/t14-,17?/m1/s1. The molecule has 0 spiro atoms. The Balaban J connectivity index is 1.86. The van der Waals surface area contributed by atoms with Crippen LogP contribution in [0.1, 0.15) is 35.0 Å². The van der Waals surface area contributed by atoms with Crippen molar-refractivity contribution < 1.29 is 27.5 Å². The number of aromatic nitrogens is 4. The Hall–Kier alpha value is -3.80. The van der Waals surface area contributed by atoms with E-state index in [4.69, 9.17) is 0 Å². The summed E-state index contributed by atoms with van der Waals surface area (Å²) in [5.74, 6) is -1.45. The lowest BCUT2D eigenvalue weighted by atomic mass is 10.0. The number of amides is 2. The molecule has 1 unspecified atom stereocenters. The van der Waals surface area contributed by atoms with Crippen LogP contribution in [0.25, 0.3) is 5.69 Å². The van der Waals surface area contributed by atoms with Gasteiger partial charge in [-0.25, -0.2) is 0 Å². The van der Waals surface area contributed by atoms with Crippen LogP contribution in [0, 0.1) is 13.8 Å². The second-order valence-corrected chi connectivity index (χ2v) is 7.54. The molecule has 9 nitrogen and oxygen atoms in total. The summed E-state index contributed by atoms with van der Waals surface area (Å²) >= 11 is 0. The molecule has 2 aromatic carbocycles. The molecular formula is C21H19F3N6O3. The molecule has 172 valence electrons. The summed E-state index contributed by atoms with van der Waals surface area (Å²) in [5.41, 5.74) is 2.35. The average Bonchev–Trinajstić information content (AvgIpc) is 3.31. The van der Waals surface area contributed by atoms with Crippen molar-refractivity contribution in [3.05, 3.63) is 65.0 Å². The number of hydrogen-bond donors (Lipinski definition) is 2. The van der Waals surface area contributed by atoms with E-state index in [2.05, 4.69) is 30.9 Å². The Morgan fingerprint density at radius 1 is 1.12 bits per heavy atom. The summed E-state index contributed by atoms with van der Waals surface area (Å²) in [7, 11) is 0. The normalized spacial score (nSPS) is 17.2. The fourth-order valence-electron chi connectivity index (χ4n) is 3.80. The maximum absolute atomic E-state index is 13.1. The molecule has 0 saturated carbocycles. The summed E-state index contributed by atoms with van der Waals surface area (Å²) in [6.07, 6.45) is -5.12. The Labute approximate surface area is 185 Å². The van der Waals surface area contributed by atoms with Crippen LogP contribution >= 0.6 is 0 Å². The van der Waals surface area contributed by atoms with Gasteiger partial charge in [0.05, 0.1) is 24.2 Å². The van der Waals surface area contributed by atoms with Gasteiger partial charge in [0, 0.05) is 5.56 Å². The minimum Gasteiger partial charge on any atom is -0.405 e. The quantitative estimate of drug-likeness (QED) is 0.543. The number of ether oxygens (including phenoxy) is 1. The summed E-state index contributed by atoms with van der Waals surface area (Å²) in [6.45, 7) is 3.69. The first-order valence-corrected chi connectivity index (χ1v) is 9.93. The van der Waals surface area contributed by atoms with Gasteiger partial charge in [0.1, 0.15) is 5.75 Å². The minimum absolute atomic E-state index is 0.0456. The van der Waals surface area contributed by atoms with Crippen LogP contribution < -0.4 is 15.4 Å². The maximum Gasteiger partial charge on any atom is 0.573 e. The molecule has 1 aliphatic rings. The van der Waals surface area contributed by atoms with Crippen molar-refractivity contribution >= 4 is 11.8 Å². The molecule has 33 heavy (non-hydrogen) atoms. The first-order valence-electron chi connectivity index (χ1n) is 9.93. The molecule has 0 bridgehead atoms. The maximum atomic E-state index is 13.1. The summed E-state index contributed by atoms with van der Waals surface area (Å²) in [5, 5.41) is 17.0. The van der Waals surface area contributed by atoms with Crippen molar-refractivity contribution in [2.45, 2.75) is 38.7 Å². The second kappa shape index (κ2) is 8.62. The number of imide groups is 1. The van der Waals surface area contributed by atoms with E-state index in [0.29, 0.717) is 5.69 Å². The summed E-state index contributed by atoms with van der Waals surface area (Å²) in [4.78, 5) is 23.9. The van der Waals surface area contributed by atoms with Crippen LogP contribution in [0.4, 0.5) is 13.2 Å². The second-order valence-electron chi connectivity index (χ2n) is 7.54. The molecule has 1 aliphatic heterocycles. The lowest BCUT2D eigenvalue weighted by Gasteiger charge is -2.24. The van der Waals surface area contributed by atoms with Gasteiger partial charge < -0.3 is 4.74 Å². The highest BCUT2D eigenvalue weighted by atomic mass is 19.4. The minimum atomic E-state index is -4.94. The van der Waals surface area contributed by atoms with Gasteiger partial charge in [-0.05, 0) is 41.5 Å². The Morgan fingerprint density at radius 2 is 1.82 bits per heavy atom. The highest BCUT2D eigenvalue weighted by Crippen LogP contribution is 2.34. The van der Waals surface area contributed by atoms with Gasteiger partial charge in [-0.15, -0.1) is 18.3 Å². The van der Waals surface area contributed by atoms with Crippen molar-refractivity contribution in [3.63, 3.8) is 0 Å². The monoisotopic (exact) mass is 460 g/mol. The molecule has 1 saturated heterocycles. The number of rotatable bonds is 6. The largest absolute Gasteiger partial charge is 0.573 e. The predicted molar refractivity (Wildman–Crippen MR) is 108 cm³/mol. The van der Waals surface area contributed by atoms with E-state index >= 15 is 0 Å². The van der Waals surface area contributed by atoms with Gasteiger partial charge in [0.15, 0.2) is 5.82 Å². The molecule has 0 aliphatic carbocycles. The fourth-order valence-corrected chi connectivity index (χ4v) is 3.80. The van der Waals surface area contributed by atoms with E-state index in [0.717, 1.165) is 17.2 Å². The highest BCUT2D eigenvalue weighted by molar-refractivity contribution is 6.05. The fraction of sp³-hybridized carbons (Fsp3) is 0.286. The summed E-state index contributed by atoms with van der Waals surface area (Å²) in [6, 6.07) is 8.93. The number of alkyl halides is 3. The van der Waals surface area contributed by atoms with Gasteiger partial charge in [-0.3, -0.25) is 20.2 Å². The first kappa shape index (κ1) is 22.4. The number of nitrogens with one attached hydrogen (secondary N) is 2. The van der Waals surface area contributed by atoms with Crippen LogP contribution in [-0.4, -0.2) is 44.4 Å². The van der Waals surface area contributed by atoms with E-state index in [1.165, 1.54) is 22.9 Å². The average molecular weight is 460 g/mol. The number of hydrogen-bond acceptors (Lipinski definition) is 7. The molecule has 4 rings (SSSR count). The number of carbonyl (C=O) groups is 2. The molecule has 2 N–H and O–H groups in total. The van der Waals surface area contributed by atoms with E-state index in [9.17, 15) is 22.8 Å². The predicted octanol–water partition coefficient (Wildman–Crippen LogP) is 2.27. The van der Waals surface area contributed by atoms with Gasteiger partial charge in [0.2, 0.25) is 11.8 Å². The van der Waals surface area contributed by atoms with Crippen molar-refractivity contribution in [3.8, 4) is 11.4 Å². The van der Waals surface area contributed by atoms with E-state index in [-0.39, 0.29) is 17.8 Å². The third-order valence-electron chi connectivity index (χ3n) is 5.20. The third-order valence-corrected chi connectivity index (χ3v) is 5.20. The summed E-state index contributed by atoms with van der Waals surface area (Å²) < 4.78 is 44.9. The van der Waals surface area contributed by atoms with Crippen LogP contribution in [0.2, 0.25) is 0 Å². The van der Waals surface area contributed by atoms with Gasteiger partial charge in [-0.1, -0.05) is 36.4 Å². The molecule has 0 radical (unpaired) electrons. The molecule has 1 fully saturated rings. The Kier molecular flexibility index (Phi) is 5.85.